The number of ether oxygens (including phenoxy) is 1. The first kappa shape index (κ1) is 15.9. The number of halogens is 1. The van der Waals surface area contributed by atoms with Gasteiger partial charge in [0.25, 0.3) is 0 Å². The van der Waals surface area contributed by atoms with Gasteiger partial charge in [-0.1, -0.05) is 13.8 Å². The van der Waals surface area contributed by atoms with Gasteiger partial charge in [0.15, 0.2) is 0 Å². The second-order valence-electron chi connectivity index (χ2n) is 4.91. The molecule has 0 spiro atoms. The van der Waals surface area contributed by atoms with Crippen LogP contribution >= 0.6 is 0 Å². The van der Waals surface area contributed by atoms with E-state index >= 15 is 0 Å². The predicted octanol–water partition coefficient (Wildman–Crippen LogP) is 3.04. The third-order valence-corrected chi connectivity index (χ3v) is 3.68. The van der Waals surface area contributed by atoms with Crippen molar-refractivity contribution >= 4 is 0 Å². The van der Waals surface area contributed by atoms with E-state index < -0.39 is 5.60 Å². The van der Waals surface area contributed by atoms with Gasteiger partial charge in [0.1, 0.15) is 18.2 Å². The molecule has 4 heteroatoms. The van der Waals surface area contributed by atoms with Crippen molar-refractivity contribution in [2.45, 2.75) is 45.3 Å². The smallest absolute Gasteiger partial charge is 0.124 e. The third-order valence-electron chi connectivity index (χ3n) is 3.68. The number of hydrogen-bond acceptors (Lipinski definition) is 3. The van der Waals surface area contributed by atoms with Crippen LogP contribution in [-0.4, -0.2) is 24.4 Å². The summed E-state index contributed by atoms with van der Waals surface area (Å²) >= 11 is 0. The van der Waals surface area contributed by atoms with Crippen LogP contribution in [0.25, 0.3) is 0 Å². The number of hydrogen-bond donors (Lipinski definition) is 2. The monoisotopic (exact) mass is 269 g/mol. The van der Waals surface area contributed by atoms with Crippen molar-refractivity contribution in [1.29, 1.82) is 0 Å². The molecule has 0 aliphatic heterocycles. The largest absolute Gasteiger partial charge is 0.490 e. The van der Waals surface area contributed by atoms with Crippen LogP contribution in [0, 0.1) is 5.82 Å². The lowest BCUT2D eigenvalue weighted by atomic mass is 9.99. The fourth-order valence-electron chi connectivity index (χ4n) is 1.81. The second-order valence-corrected chi connectivity index (χ2v) is 4.91. The molecule has 108 valence electrons. The number of aliphatic hydroxyl groups is 1. The van der Waals surface area contributed by atoms with Crippen LogP contribution in [0.2, 0.25) is 0 Å². The summed E-state index contributed by atoms with van der Waals surface area (Å²) in [5.74, 6) is 0.328. The highest BCUT2D eigenvalue weighted by Gasteiger charge is 2.24. The summed E-state index contributed by atoms with van der Waals surface area (Å²) in [5, 5.41) is 13.3. The topological polar surface area (TPSA) is 41.5 Å². The molecular weight excluding hydrogens is 245 g/mol. The molecule has 0 saturated carbocycles. The Hall–Kier alpha value is -1.13. The zero-order valence-corrected chi connectivity index (χ0v) is 12.2. The predicted molar refractivity (Wildman–Crippen MR) is 74.9 cm³/mol. The van der Waals surface area contributed by atoms with Gasteiger partial charge in [-0.3, -0.25) is 0 Å². The first-order valence-electron chi connectivity index (χ1n) is 6.77. The highest BCUT2D eigenvalue weighted by molar-refractivity contribution is 5.36. The molecule has 0 amide bonds. The van der Waals surface area contributed by atoms with Gasteiger partial charge in [0.2, 0.25) is 0 Å². The molecule has 2 N–H and O–H groups in total. The van der Waals surface area contributed by atoms with Gasteiger partial charge in [-0.25, -0.2) is 4.39 Å². The minimum Gasteiger partial charge on any atom is -0.490 e. The summed E-state index contributed by atoms with van der Waals surface area (Å²) < 4.78 is 19.0. The standard InChI is InChI=1S/C15H24FNO2/c1-5-15(18,6-2)10-19-14-8-7-12(16)9-13(14)11(3)17-4/h7-9,11,17-18H,5-6,10H2,1-4H3. The Morgan fingerprint density at radius 3 is 2.53 bits per heavy atom. The lowest BCUT2D eigenvalue weighted by Crippen LogP contribution is -2.34. The Bertz CT molecular complexity index is 405. The zero-order valence-electron chi connectivity index (χ0n) is 12.2. The molecule has 0 aromatic heterocycles. The Kier molecular flexibility index (Phi) is 5.76. The minimum absolute atomic E-state index is 0.0120. The quantitative estimate of drug-likeness (QED) is 0.799. The van der Waals surface area contributed by atoms with E-state index in [0.717, 1.165) is 5.56 Å². The van der Waals surface area contributed by atoms with Gasteiger partial charge in [-0.15, -0.1) is 0 Å². The highest BCUT2D eigenvalue weighted by atomic mass is 19.1. The summed E-state index contributed by atoms with van der Waals surface area (Å²) in [6.07, 6.45) is 1.25. The molecule has 0 heterocycles. The molecule has 0 aliphatic rings. The van der Waals surface area contributed by atoms with E-state index in [1.165, 1.54) is 12.1 Å². The average molecular weight is 269 g/mol. The van der Waals surface area contributed by atoms with Crippen molar-refractivity contribution in [1.82, 2.24) is 5.32 Å². The maximum atomic E-state index is 13.3. The van der Waals surface area contributed by atoms with E-state index in [2.05, 4.69) is 5.32 Å². The first-order valence-corrected chi connectivity index (χ1v) is 6.77. The first-order chi connectivity index (χ1) is 8.95. The maximum Gasteiger partial charge on any atom is 0.124 e. The molecule has 1 aromatic rings. The van der Waals surface area contributed by atoms with Crippen molar-refractivity contribution < 1.29 is 14.2 Å². The van der Waals surface area contributed by atoms with Crippen LogP contribution in [0.3, 0.4) is 0 Å². The molecule has 1 rings (SSSR count). The van der Waals surface area contributed by atoms with Crippen molar-refractivity contribution in [3.8, 4) is 5.75 Å². The summed E-state index contributed by atoms with van der Waals surface area (Å²) in [4.78, 5) is 0. The second kappa shape index (κ2) is 6.87. The molecule has 1 atom stereocenters. The zero-order chi connectivity index (χ0) is 14.5. The molecule has 1 aromatic carbocycles. The van der Waals surface area contributed by atoms with Gasteiger partial charge in [0.05, 0.1) is 5.60 Å². The Balaban J connectivity index is 2.89. The summed E-state index contributed by atoms with van der Waals surface area (Å²) in [5.41, 5.74) is -0.0637. The Morgan fingerprint density at radius 1 is 1.37 bits per heavy atom. The molecule has 1 unspecified atom stereocenters. The fraction of sp³-hybridized carbons (Fsp3) is 0.600. The molecule has 0 radical (unpaired) electrons. The molecule has 0 fully saturated rings. The van der Waals surface area contributed by atoms with Crippen LogP contribution in [0.15, 0.2) is 18.2 Å². The SMILES string of the molecule is CCC(O)(CC)COc1ccc(F)cc1C(C)NC. The van der Waals surface area contributed by atoms with E-state index in [4.69, 9.17) is 4.74 Å². The van der Waals surface area contributed by atoms with Crippen molar-refractivity contribution in [2.75, 3.05) is 13.7 Å². The van der Waals surface area contributed by atoms with E-state index in [-0.39, 0.29) is 18.5 Å². The van der Waals surface area contributed by atoms with Crippen LogP contribution < -0.4 is 10.1 Å². The van der Waals surface area contributed by atoms with E-state index in [1.807, 2.05) is 27.8 Å². The van der Waals surface area contributed by atoms with Crippen molar-refractivity contribution in [3.63, 3.8) is 0 Å². The molecule has 0 aliphatic carbocycles. The molecule has 19 heavy (non-hydrogen) atoms. The van der Waals surface area contributed by atoms with Crippen molar-refractivity contribution in [2.24, 2.45) is 0 Å². The molecule has 0 bridgehead atoms. The van der Waals surface area contributed by atoms with Gasteiger partial charge in [-0.05, 0) is 45.0 Å². The van der Waals surface area contributed by atoms with Crippen molar-refractivity contribution in [3.05, 3.63) is 29.6 Å². The Morgan fingerprint density at radius 2 is 2.00 bits per heavy atom. The molecule has 3 nitrogen and oxygen atoms in total. The summed E-state index contributed by atoms with van der Waals surface area (Å²) in [6, 6.07) is 4.44. The molecule has 0 saturated heterocycles. The molecular formula is C15H24FNO2. The van der Waals surface area contributed by atoms with Gasteiger partial charge >= 0.3 is 0 Å². The number of benzene rings is 1. The summed E-state index contributed by atoms with van der Waals surface area (Å²) in [7, 11) is 1.81. The number of rotatable bonds is 7. The minimum atomic E-state index is -0.825. The van der Waals surface area contributed by atoms with Crippen LogP contribution in [0.4, 0.5) is 4.39 Å². The van der Waals surface area contributed by atoms with Crippen LogP contribution in [0.1, 0.15) is 45.2 Å². The fourth-order valence-corrected chi connectivity index (χ4v) is 1.81. The highest BCUT2D eigenvalue weighted by Crippen LogP contribution is 2.27. The third kappa shape index (κ3) is 4.18. The lowest BCUT2D eigenvalue weighted by molar-refractivity contribution is -0.0117. The van der Waals surface area contributed by atoms with Gasteiger partial charge in [0, 0.05) is 11.6 Å². The van der Waals surface area contributed by atoms with Gasteiger partial charge < -0.3 is 15.2 Å². The van der Waals surface area contributed by atoms with E-state index in [9.17, 15) is 9.50 Å². The van der Waals surface area contributed by atoms with Gasteiger partial charge in [-0.2, -0.15) is 0 Å². The number of nitrogens with one attached hydrogen (secondary N) is 1. The maximum absolute atomic E-state index is 13.3. The lowest BCUT2D eigenvalue weighted by Gasteiger charge is -2.26. The Labute approximate surface area is 114 Å². The van der Waals surface area contributed by atoms with E-state index in [1.54, 1.807) is 6.07 Å². The summed E-state index contributed by atoms with van der Waals surface area (Å²) in [6.45, 7) is 6.01. The van der Waals surface area contributed by atoms with Crippen LogP contribution in [0.5, 0.6) is 5.75 Å². The normalized spacial score (nSPS) is 13.4. The van der Waals surface area contributed by atoms with Crippen LogP contribution in [-0.2, 0) is 0 Å². The van der Waals surface area contributed by atoms with E-state index in [0.29, 0.717) is 18.6 Å². The average Bonchev–Trinajstić information content (AvgIpc) is 2.44.